The summed E-state index contributed by atoms with van der Waals surface area (Å²) in [6.45, 7) is 7.09. The standard InChI is InChI=1S/C37H34ClF2N5O3/c1-3-25-29(39)10-7-21-15-24(46)16-26(31(21)25)32-28(38)17-27-34(33(32)40)41-36(48-20-37-11-5-13-44(37)14-6-12-37)42-35(27)43-18-22-8-9-23(19-43)45(22)30(47)4-2/h1,4,7,10,15-17,22-23,46H,2,5-6,8-9,11-14,18-20H2/t22-,23+. The van der Waals surface area contributed by atoms with E-state index in [9.17, 15) is 14.3 Å². The highest BCUT2D eigenvalue weighted by Crippen LogP contribution is 2.45. The molecule has 4 saturated heterocycles. The van der Waals surface area contributed by atoms with Crippen molar-refractivity contribution in [1.29, 1.82) is 0 Å². The number of piperazine rings is 1. The van der Waals surface area contributed by atoms with Crippen LogP contribution in [0, 0.1) is 24.0 Å². The zero-order valence-electron chi connectivity index (χ0n) is 26.3. The van der Waals surface area contributed by atoms with Crippen LogP contribution in [0.4, 0.5) is 14.6 Å². The summed E-state index contributed by atoms with van der Waals surface area (Å²) in [4.78, 5) is 28.6. The van der Waals surface area contributed by atoms with Gasteiger partial charge in [-0.2, -0.15) is 9.97 Å². The van der Waals surface area contributed by atoms with Crippen LogP contribution >= 0.6 is 11.6 Å². The van der Waals surface area contributed by atoms with Gasteiger partial charge in [0.1, 0.15) is 29.5 Å². The number of amides is 1. The fourth-order valence-electron chi connectivity index (χ4n) is 8.68. The second-order valence-corrected chi connectivity index (χ2v) is 13.8. The van der Waals surface area contributed by atoms with Crippen LogP contribution in [-0.4, -0.2) is 81.2 Å². The number of benzene rings is 3. The van der Waals surface area contributed by atoms with E-state index in [1.807, 2.05) is 4.90 Å². The van der Waals surface area contributed by atoms with Crippen molar-refractivity contribution in [3.8, 4) is 35.2 Å². The Balaban J connectivity index is 1.29. The Hall–Kier alpha value is -4.46. The first-order valence-corrected chi connectivity index (χ1v) is 16.8. The monoisotopic (exact) mass is 669 g/mol. The minimum Gasteiger partial charge on any atom is -0.508 e. The van der Waals surface area contributed by atoms with Gasteiger partial charge >= 0.3 is 6.01 Å². The number of aromatic hydroxyl groups is 1. The van der Waals surface area contributed by atoms with Gasteiger partial charge in [-0.05, 0) is 92.9 Å². The van der Waals surface area contributed by atoms with E-state index in [1.165, 1.54) is 30.3 Å². The molecule has 4 aliphatic heterocycles. The highest BCUT2D eigenvalue weighted by molar-refractivity contribution is 6.35. The highest BCUT2D eigenvalue weighted by Gasteiger charge is 2.46. The van der Waals surface area contributed by atoms with E-state index in [1.54, 1.807) is 6.07 Å². The van der Waals surface area contributed by atoms with Gasteiger partial charge in [0.05, 0.1) is 16.1 Å². The maximum absolute atomic E-state index is 17.1. The molecule has 2 bridgehead atoms. The molecule has 5 heterocycles. The molecule has 0 saturated carbocycles. The molecule has 4 fully saturated rings. The Bertz CT molecular complexity index is 2040. The zero-order valence-corrected chi connectivity index (χ0v) is 27.1. The lowest BCUT2D eigenvalue weighted by Crippen LogP contribution is -2.55. The Kier molecular flexibility index (Phi) is 7.46. The number of phenolic OH excluding ortho intramolecular Hbond substituents is 1. The van der Waals surface area contributed by atoms with Crippen LogP contribution in [0.25, 0.3) is 32.8 Å². The van der Waals surface area contributed by atoms with Crippen molar-refractivity contribution in [2.75, 3.05) is 37.7 Å². The van der Waals surface area contributed by atoms with Gasteiger partial charge in [0.15, 0.2) is 5.82 Å². The third-order valence-electron chi connectivity index (χ3n) is 10.8. The summed E-state index contributed by atoms with van der Waals surface area (Å²) in [5.41, 5.74) is -0.0988. The maximum atomic E-state index is 17.1. The molecule has 48 heavy (non-hydrogen) atoms. The lowest BCUT2D eigenvalue weighted by molar-refractivity contribution is -0.129. The van der Waals surface area contributed by atoms with Crippen LogP contribution in [-0.2, 0) is 4.79 Å². The topological polar surface area (TPSA) is 82.0 Å². The summed E-state index contributed by atoms with van der Waals surface area (Å²) in [5.74, 6) is 1.17. The molecule has 11 heteroatoms. The number of anilines is 1. The maximum Gasteiger partial charge on any atom is 0.319 e. The number of carbonyl (C=O) groups is 1. The number of hydrogen-bond donors (Lipinski definition) is 1. The third kappa shape index (κ3) is 4.78. The molecule has 0 aliphatic carbocycles. The molecule has 0 unspecified atom stereocenters. The SMILES string of the molecule is C#Cc1c(F)ccc2cc(O)cc(-c3c(Cl)cc4c(N5C[C@H]6CC[C@@H](C5)N6C(=O)C=C)nc(OCC56CCCN5CCC6)nc4c3F)c12. The number of ether oxygens (including phenoxy) is 1. The van der Waals surface area contributed by atoms with Gasteiger partial charge in [0.25, 0.3) is 0 Å². The first-order valence-electron chi connectivity index (χ1n) is 16.4. The van der Waals surface area contributed by atoms with Gasteiger partial charge in [0.2, 0.25) is 5.91 Å². The van der Waals surface area contributed by atoms with Crippen molar-refractivity contribution >= 4 is 45.0 Å². The van der Waals surface area contributed by atoms with Crippen LogP contribution in [0.2, 0.25) is 5.02 Å². The molecule has 2 atom stereocenters. The van der Waals surface area contributed by atoms with Crippen LogP contribution in [0.3, 0.4) is 0 Å². The third-order valence-corrected chi connectivity index (χ3v) is 11.1. The molecule has 0 spiro atoms. The minimum atomic E-state index is -0.768. The molecule has 4 aliphatic rings. The number of phenols is 1. The van der Waals surface area contributed by atoms with Crippen LogP contribution in [0.1, 0.15) is 44.1 Å². The molecule has 246 valence electrons. The molecule has 1 N–H and O–H groups in total. The smallest absolute Gasteiger partial charge is 0.319 e. The largest absolute Gasteiger partial charge is 0.508 e. The predicted octanol–water partition coefficient (Wildman–Crippen LogP) is 6.44. The normalized spacial score (nSPS) is 21.5. The molecule has 1 amide bonds. The number of fused-ring (bicyclic) bond motifs is 5. The van der Waals surface area contributed by atoms with E-state index in [0.717, 1.165) is 51.6 Å². The molecule has 0 radical (unpaired) electrons. The van der Waals surface area contributed by atoms with Crippen LogP contribution in [0.5, 0.6) is 11.8 Å². The minimum absolute atomic E-state index is 0.0197. The van der Waals surface area contributed by atoms with Crippen molar-refractivity contribution in [3.05, 3.63) is 65.2 Å². The fourth-order valence-corrected chi connectivity index (χ4v) is 8.97. The quantitative estimate of drug-likeness (QED) is 0.187. The van der Waals surface area contributed by atoms with Crippen molar-refractivity contribution in [2.45, 2.75) is 56.1 Å². The van der Waals surface area contributed by atoms with E-state index >= 15 is 4.39 Å². The molecule has 4 aromatic rings. The molecular formula is C37H34ClF2N5O3. The Morgan fingerprint density at radius 2 is 1.88 bits per heavy atom. The highest BCUT2D eigenvalue weighted by atomic mass is 35.5. The number of aromatic nitrogens is 2. The van der Waals surface area contributed by atoms with E-state index in [0.29, 0.717) is 36.3 Å². The van der Waals surface area contributed by atoms with Crippen molar-refractivity contribution < 1.29 is 23.4 Å². The molecule has 3 aromatic carbocycles. The lowest BCUT2D eigenvalue weighted by Gasteiger charge is -2.41. The fraction of sp³-hybridized carbons (Fsp3) is 0.378. The predicted molar refractivity (Wildman–Crippen MR) is 181 cm³/mol. The van der Waals surface area contributed by atoms with Gasteiger partial charge in [-0.15, -0.1) is 6.42 Å². The second kappa shape index (κ2) is 11.6. The molecular weight excluding hydrogens is 636 g/mol. The molecule has 8 nitrogen and oxygen atoms in total. The number of carbonyl (C=O) groups excluding carboxylic acids is 1. The van der Waals surface area contributed by atoms with Crippen LogP contribution < -0.4 is 9.64 Å². The van der Waals surface area contributed by atoms with Crippen molar-refractivity contribution in [1.82, 2.24) is 19.8 Å². The summed E-state index contributed by atoms with van der Waals surface area (Å²) in [6.07, 6.45) is 13.0. The number of terminal acetylenes is 1. The van der Waals surface area contributed by atoms with Crippen molar-refractivity contribution in [2.24, 2.45) is 0 Å². The van der Waals surface area contributed by atoms with E-state index in [2.05, 4.69) is 27.3 Å². The van der Waals surface area contributed by atoms with Crippen LogP contribution in [0.15, 0.2) is 43.0 Å². The number of nitrogens with zero attached hydrogens (tertiary/aromatic N) is 5. The Morgan fingerprint density at radius 1 is 1.15 bits per heavy atom. The Labute approximate surface area is 281 Å². The van der Waals surface area contributed by atoms with Gasteiger partial charge in [-0.25, -0.2) is 8.78 Å². The molecule has 8 rings (SSSR count). The van der Waals surface area contributed by atoms with E-state index in [-0.39, 0.29) is 67.9 Å². The summed E-state index contributed by atoms with van der Waals surface area (Å²) < 4.78 is 38.4. The van der Waals surface area contributed by atoms with Gasteiger partial charge in [0, 0.05) is 41.5 Å². The molecule has 1 aromatic heterocycles. The zero-order chi connectivity index (χ0) is 33.3. The number of hydrogen-bond acceptors (Lipinski definition) is 7. The van der Waals surface area contributed by atoms with E-state index < -0.39 is 11.6 Å². The van der Waals surface area contributed by atoms with E-state index in [4.69, 9.17) is 27.7 Å². The average Bonchev–Trinajstić information content (AvgIpc) is 3.74. The summed E-state index contributed by atoms with van der Waals surface area (Å²) in [6, 6.07) is 7.02. The van der Waals surface area contributed by atoms with Gasteiger partial charge < -0.3 is 19.6 Å². The summed E-state index contributed by atoms with van der Waals surface area (Å²) >= 11 is 6.90. The summed E-state index contributed by atoms with van der Waals surface area (Å²) in [7, 11) is 0. The number of halogens is 3. The number of rotatable bonds is 6. The van der Waals surface area contributed by atoms with Gasteiger partial charge in [-0.1, -0.05) is 30.2 Å². The average molecular weight is 670 g/mol. The van der Waals surface area contributed by atoms with Gasteiger partial charge in [-0.3, -0.25) is 9.69 Å². The second-order valence-electron chi connectivity index (χ2n) is 13.4. The first kappa shape index (κ1) is 30.8. The Morgan fingerprint density at radius 3 is 2.56 bits per heavy atom. The lowest BCUT2D eigenvalue weighted by atomic mass is 9.93. The summed E-state index contributed by atoms with van der Waals surface area (Å²) in [5, 5.41) is 11.7. The first-order chi connectivity index (χ1) is 23.2. The van der Waals surface area contributed by atoms with Crippen molar-refractivity contribution in [3.63, 3.8) is 0 Å².